The van der Waals surface area contributed by atoms with Gasteiger partial charge in [0, 0.05) is 5.75 Å². The Labute approximate surface area is 114 Å². The minimum Gasteiger partial charge on any atom is -0.466 e. The van der Waals surface area contributed by atoms with E-state index in [1.54, 1.807) is 11.4 Å². The Morgan fingerprint density at radius 3 is 2.56 bits per heavy atom. The number of ether oxygens (including phenoxy) is 1. The van der Waals surface area contributed by atoms with Gasteiger partial charge in [0.05, 0.1) is 6.61 Å². The van der Waals surface area contributed by atoms with Gasteiger partial charge in [-0.1, -0.05) is 50.3 Å². The molecular weight excluding hydrogens is 279 g/mol. The van der Waals surface area contributed by atoms with Crippen molar-refractivity contribution in [2.75, 3.05) is 12.4 Å². The zero-order chi connectivity index (χ0) is 12.4. The summed E-state index contributed by atoms with van der Waals surface area (Å²) in [6.45, 7) is 8.59. The molecule has 0 fully saturated rings. The topological polar surface area (TPSA) is 18.5 Å². The van der Waals surface area contributed by atoms with Crippen molar-refractivity contribution in [2.45, 2.75) is 39.5 Å². The lowest BCUT2D eigenvalue weighted by Crippen LogP contribution is -1.95. The maximum atomic E-state index is 5.47. The van der Waals surface area contributed by atoms with E-state index in [4.69, 9.17) is 21.1 Å². The van der Waals surface area contributed by atoms with Crippen molar-refractivity contribution < 1.29 is 9.26 Å². The molecule has 6 heteroatoms. The second-order valence-corrected chi connectivity index (χ2v) is 13.0. The number of rotatable bonds is 10. The van der Waals surface area contributed by atoms with Crippen molar-refractivity contribution in [1.29, 1.82) is 0 Å². The van der Waals surface area contributed by atoms with E-state index in [0.29, 0.717) is 12.6 Å². The summed E-state index contributed by atoms with van der Waals surface area (Å²) < 4.78 is 8.67. The second-order valence-electron chi connectivity index (χ2n) is 3.32. The Morgan fingerprint density at radius 2 is 2.00 bits per heavy atom. The minimum atomic E-state index is -2.11. The first-order chi connectivity index (χ1) is 7.52. The van der Waals surface area contributed by atoms with E-state index in [1.165, 1.54) is 0 Å². The highest BCUT2D eigenvalue weighted by molar-refractivity contribution is 8.95. The van der Waals surface area contributed by atoms with Crippen LogP contribution in [0.25, 0.3) is 0 Å². The zero-order valence-electron chi connectivity index (χ0n) is 9.98. The number of hydrogen-bond acceptors (Lipinski definition) is 4. The summed E-state index contributed by atoms with van der Waals surface area (Å²) >= 11 is 11.3. The molecule has 0 heterocycles. The molecule has 0 aromatic rings. The van der Waals surface area contributed by atoms with Gasteiger partial charge in [0.15, 0.2) is 0 Å². The lowest BCUT2D eigenvalue weighted by atomic mass is 10.4. The van der Waals surface area contributed by atoms with Crippen LogP contribution in [-0.2, 0) is 21.1 Å². The van der Waals surface area contributed by atoms with Crippen LogP contribution < -0.4 is 0 Å². The van der Waals surface area contributed by atoms with E-state index < -0.39 is 4.67 Å². The molecule has 0 N–H and O–H groups in total. The van der Waals surface area contributed by atoms with Gasteiger partial charge in [0.2, 0.25) is 4.67 Å². The largest absolute Gasteiger partial charge is 0.466 e. The van der Waals surface area contributed by atoms with Crippen LogP contribution in [0.5, 0.6) is 0 Å². The highest BCUT2D eigenvalue weighted by Gasteiger charge is 2.15. The lowest BCUT2D eigenvalue weighted by molar-refractivity contribution is 0.117. The predicted octanol–water partition coefficient (Wildman–Crippen LogP) is 4.98. The quantitative estimate of drug-likeness (QED) is 0.265. The average Bonchev–Trinajstić information content (AvgIpc) is 2.17. The summed E-state index contributed by atoms with van der Waals surface area (Å²) in [4.78, 5) is 0. The van der Waals surface area contributed by atoms with Crippen LogP contribution >= 0.6 is 28.3 Å². The summed E-state index contributed by atoms with van der Waals surface area (Å²) in [5, 5.41) is 0. The Bertz CT molecular complexity index is 246. The molecule has 0 saturated carbocycles. The van der Waals surface area contributed by atoms with Crippen LogP contribution in [-0.4, -0.2) is 12.4 Å². The standard InChI is InChI=1S/C10H21O2PS3/c1-4-6-8-11-10(3)12-13(14,15)16-9-7-5-2/h3-9H2,1-2H3,(H,14,15). The van der Waals surface area contributed by atoms with E-state index in [-0.39, 0.29) is 0 Å². The number of thiol groups is 1. The highest BCUT2D eigenvalue weighted by Crippen LogP contribution is 2.65. The molecule has 0 aromatic carbocycles. The third-order valence-electron chi connectivity index (χ3n) is 1.73. The van der Waals surface area contributed by atoms with Gasteiger partial charge in [-0.2, -0.15) is 0 Å². The molecule has 0 bridgehead atoms. The summed E-state index contributed by atoms with van der Waals surface area (Å²) in [6, 6.07) is 0. The summed E-state index contributed by atoms with van der Waals surface area (Å²) in [7, 11) is 0. The molecule has 16 heavy (non-hydrogen) atoms. The molecule has 0 radical (unpaired) electrons. The van der Waals surface area contributed by atoms with Crippen LogP contribution in [0.1, 0.15) is 39.5 Å². The molecule has 1 unspecified atom stereocenters. The molecule has 0 aliphatic carbocycles. The van der Waals surface area contributed by atoms with E-state index in [2.05, 4.69) is 32.7 Å². The molecule has 0 aliphatic rings. The Morgan fingerprint density at radius 1 is 1.38 bits per heavy atom. The average molecular weight is 300 g/mol. The second kappa shape index (κ2) is 9.69. The first kappa shape index (κ1) is 16.7. The van der Waals surface area contributed by atoms with E-state index in [9.17, 15) is 0 Å². The zero-order valence-corrected chi connectivity index (χ0v) is 13.4. The summed E-state index contributed by atoms with van der Waals surface area (Å²) in [5.74, 6) is 1.30. The monoisotopic (exact) mass is 300 g/mol. The van der Waals surface area contributed by atoms with E-state index >= 15 is 0 Å². The van der Waals surface area contributed by atoms with Gasteiger partial charge in [-0.15, -0.1) is 0 Å². The highest BCUT2D eigenvalue weighted by atomic mass is 33.2. The third-order valence-corrected chi connectivity index (χ3v) is 7.17. The first-order valence-electron chi connectivity index (χ1n) is 5.50. The van der Waals surface area contributed by atoms with Crippen LogP contribution in [0, 0.1) is 0 Å². The van der Waals surface area contributed by atoms with Crippen molar-refractivity contribution in [1.82, 2.24) is 0 Å². The molecule has 0 aliphatic heterocycles. The maximum absolute atomic E-state index is 5.47. The van der Waals surface area contributed by atoms with Crippen LogP contribution in [0.15, 0.2) is 12.5 Å². The first-order valence-corrected chi connectivity index (χ1v) is 11.0. The van der Waals surface area contributed by atoms with Gasteiger partial charge in [-0.25, -0.2) is 0 Å². The van der Waals surface area contributed by atoms with Crippen molar-refractivity contribution in [3.63, 3.8) is 0 Å². The molecule has 0 amide bonds. The van der Waals surface area contributed by atoms with Crippen LogP contribution in [0.2, 0.25) is 0 Å². The number of hydrogen-bond donors (Lipinski definition) is 1. The smallest absolute Gasteiger partial charge is 0.276 e. The fourth-order valence-corrected chi connectivity index (χ4v) is 5.26. The lowest BCUT2D eigenvalue weighted by Gasteiger charge is -2.18. The maximum Gasteiger partial charge on any atom is 0.276 e. The third kappa shape index (κ3) is 9.88. The number of unbranched alkanes of at least 4 members (excludes halogenated alkanes) is 2. The molecule has 0 saturated heterocycles. The van der Waals surface area contributed by atoms with Gasteiger partial charge in [-0.3, -0.25) is 0 Å². The Hall–Kier alpha value is 0.690. The van der Waals surface area contributed by atoms with E-state index in [0.717, 1.165) is 31.4 Å². The van der Waals surface area contributed by atoms with Gasteiger partial charge < -0.3 is 9.26 Å². The van der Waals surface area contributed by atoms with Gasteiger partial charge >= 0.3 is 0 Å². The molecule has 0 aromatic heterocycles. The molecule has 2 nitrogen and oxygen atoms in total. The minimum absolute atomic E-state index is 0.316. The van der Waals surface area contributed by atoms with Crippen molar-refractivity contribution in [3.8, 4) is 0 Å². The van der Waals surface area contributed by atoms with Crippen molar-refractivity contribution in [2.24, 2.45) is 0 Å². The van der Waals surface area contributed by atoms with Gasteiger partial charge in [0.25, 0.3) is 5.95 Å². The van der Waals surface area contributed by atoms with Crippen LogP contribution in [0.3, 0.4) is 0 Å². The Kier molecular flexibility index (Phi) is 10.1. The fraction of sp³-hybridized carbons (Fsp3) is 0.800. The molecule has 96 valence electrons. The molecule has 0 spiro atoms. The van der Waals surface area contributed by atoms with Gasteiger partial charge in [-0.05, 0) is 31.2 Å². The van der Waals surface area contributed by atoms with Crippen LogP contribution in [0.4, 0.5) is 0 Å². The van der Waals surface area contributed by atoms with Crippen molar-refractivity contribution >= 4 is 40.1 Å². The van der Waals surface area contributed by atoms with E-state index in [1.807, 2.05) is 0 Å². The summed E-state index contributed by atoms with van der Waals surface area (Å²) in [6.07, 6.45) is 4.38. The summed E-state index contributed by atoms with van der Waals surface area (Å²) in [5.41, 5.74) is 0. The SMILES string of the molecule is C=C(OCCCC)OP(=S)(S)SCCCC. The van der Waals surface area contributed by atoms with Crippen molar-refractivity contribution in [3.05, 3.63) is 12.5 Å². The normalized spacial score (nSPS) is 14.2. The molecule has 1 atom stereocenters. The fourth-order valence-electron chi connectivity index (χ4n) is 0.836. The molecular formula is C10H21O2PS3. The Balaban J connectivity index is 3.77. The predicted molar refractivity (Wildman–Crippen MR) is 81.7 cm³/mol. The molecule has 0 rings (SSSR count). The van der Waals surface area contributed by atoms with Gasteiger partial charge in [0.1, 0.15) is 0 Å².